The van der Waals surface area contributed by atoms with Crippen molar-refractivity contribution in [3.8, 4) is 0 Å². The van der Waals surface area contributed by atoms with Gasteiger partial charge in [-0.25, -0.2) is 0 Å². The highest BCUT2D eigenvalue weighted by Crippen LogP contribution is 2.43. The molecule has 13 heteroatoms. The van der Waals surface area contributed by atoms with Gasteiger partial charge in [0, 0.05) is 77.7 Å². The Morgan fingerprint density at radius 1 is 0.700 bits per heavy atom. The van der Waals surface area contributed by atoms with Crippen LogP contribution in [0.4, 0.5) is 11.4 Å². The second kappa shape index (κ2) is 21.5. The first-order chi connectivity index (χ1) is 28.6. The van der Waals surface area contributed by atoms with E-state index >= 15 is 0 Å². The number of hydrogen-bond donors (Lipinski definition) is 2. The first kappa shape index (κ1) is 47.5. The van der Waals surface area contributed by atoms with Crippen molar-refractivity contribution < 1.29 is 24.0 Å². The number of nitrogens with one attached hydrogen (secondary N) is 1. The number of rotatable bonds is 12. The van der Waals surface area contributed by atoms with E-state index in [9.17, 15) is 24.0 Å². The maximum absolute atomic E-state index is 13.7. The number of fused-ring (bicyclic) bond motifs is 2. The zero-order valence-electron chi connectivity index (χ0n) is 37.6. The minimum Gasteiger partial charge on any atom is -0.354 e. The highest BCUT2D eigenvalue weighted by atomic mass is 32.2. The molecule has 0 saturated heterocycles. The Bertz CT molecular complexity index is 1870. The molecule has 2 atom stereocenters. The first-order valence-corrected chi connectivity index (χ1v) is 24.2. The predicted octanol–water partition coefficient (Wildman–Crippen LogP) is 8.50. The van der Waals surface area contributed by atoms with E-state index < -0.39 is 0 Å². The lowest BCUT2D eigenvalue weighted by atomic mass is 9.92. The number of nitrogens with two attached hydrogens (primary N) is 1. The summed E-state index contributed by atoms with van der Waals surface area (Å²) in [6.45, 7) is 19.7. The third-order valence-corrected chi connectivity index (χ3v) is 14.6. The Morgan fingerprint density at radius 3 is 1.47 bits per heavy atom. The monoisotopic (exact) mass is 862 g/mol. The molecule has 6 rings (SSSR count). The largest absolute Gasteiger partial charge is 0.354 e. The summed E-state index contributed by atoms with van der Waals surface area (Å²) in [5.74, 6) is 0.201. The van der Waals surface area contributed by atoms with Crippen molar-refractivity contribution in [2.75, 3.05) is 36.0 Å². The fraction of sp³-hybridized carbons (Fsp3) is 0.638. The molecule has 2 unspecified atom stereocenters. The molecule has 2 fully saturated rings. The number of nitrogens with zero attached hydrogens (tertiary/aromatic N) is 4. The van der Waals surface area contributed by atoms with E-state index in [4.69, 9.17) is 5.73 Å². The van der Waals surface area contributed by atoms with Crippen molar-refractivity contribution >= 4 is 64.4 Å². The molecule has 0 aromatic heterocycles. The summed E-state index contributed by atoms with van der Waals surface area (Å²) in [4.78, 5) is 74.4. The molecule has 4 aliphatic rings. The molecule has 0 spiro atoms. The van der Waals surface area contributed by atoms with E-state index in [1.807, 2.05) is 52.8 Å². The number of anilines is 2. The Labute approximate surface area is 367 Å². The molecule has 0 bridgehead atoms. The summed E-state index contributed by atoms with van der Waals surface area (Å²) < 4.78 is 0. The second-order valence-corrected chi connectivity index (χ2v) is 20.2. The molecule has 2 saturated carbocycles. The van der Waals surface area contributed by atoms with E-state index in [0.717, 1.165) is 58.0 Å². The predicted molar refractivity (Wildman–Crippen MR) is 246 cm³/mol. The molecular weight excluding hydrogens is 793 g/mol. The Kier molecular flexibility index (Phi) is 17.0. The van der Waals surface area contributed by atoms with Gasteiger partial charge >= 0.3 is 0 Å². The van der Waals surface area contributed by atoms with E-state index in [1.54, 1.807) is 33.3 Å². The van der Waals surface area contributed by atoms with Gasteiger partial charge in [0.05, 0.1) is 21.9 Å². The highest BCUT2D eigenvalue weighted by Gasteiger charge is 2.36. The second-order valence-electron chi connectivity index (χ2n) is 17.5. The summed E-state index contributed by atoms with van der Waals surface area (Å²) in [6, 6.07) is 8.82. The number of aryl methyl sites for hydroxylation is 2. The van der Waals surface area contributed by atoms with Crippen molar-refractivity contribution in [1.29, 1.82) is 0 Å². The van der Waals surface area contributed by atoms with E-state index in [1.165, 1.54) is 38.5 Å². The van der Waals surface area contributed by atoms with E-state index in [-0.39, 0.29) is 58.2 Å². The average molecular weight is 863 g/mol. The lowest BCUT2D eigenvalue weighted by Crippen LogP contribution is -2.46. The van der Waals surface area contributed by atoms with Gasteiger partial charge in [0.15, 0.2) is 0 Å². The van der Waals surface area contributed by atoms with Gasteiger partial charge in [-0.1, -0.05) is 45.4 Å². The summed E-state index contributed by atoms with van der Waals surface area (Å²) >= 11 is 3.11. The number of benzene rings is 2. The smallest absolute Gasteiger partial charge is 0.254 e. The van der Waals surface area contributed by atoms with E-state index in [0.29, 0.717) is 49.8 Å². The summed E-state index contributed by atoms with van der Waals surface area (Å²) in [5, 5.41) is 2.53. The van der Waals surface area contributed by atoms with Crippen molar-refractivity contribution in [3.05, 3.63) is 46.5 Å². The topological polar surface area (TPSA) is 136 Å². The SMILES string of the molecule is CCC(=O)NCCN1C(=O)C(C)Sc2cc(C)c(C(=O)N(C(C)C)C3CCCCC3)cc21.Cc1cc2c(cc1C(=O)N(C(C)C)C1CCCCC1)N(CCN)C(=O)C(C)S2. The lowest BCUT2D eigenvalue weighted by Gasteiger charge is -2.38. The molecule has 2 heterocycles. The van der Waals surface area contributed by atoms with Crippen molar-refractivity contribution in [2.24, 2.45) is 5.73 Å². The summed E-state index contributed by atoms with van der Waals surface area (Å²) in [6.07, 6.45) is 11.9. The van der Waals surface area contributed by atoms with Crippen LogP contribution in [0.5, 0.6) is 0 Å². The van der Waals surface area contributed by atoms with Crippen LogP contribution in [0.2, 0.25) is 0 Å². The lowest BCUT2D eigenvalue weighted by molar-refractivity contribution is -0.121. The molecule has 11 nitrogen and oxygen atoms in total. The van der Waals surface area contributed by atoms with Crippen molar-refractivity contribution in [3.63, 3.8) is 0 Å². The van der Waals surface area contributed by atoms with Crippen LogP contribution in [0.25, 0.3) is 0 Å². The van der Waals surface area contributed by atoms with Crippen LogP contribution < -0.4 is 20.9 Å². The maximum Gasteiger partial charge on any atom is 0.254 e. The maximum atomic E-state index is 13.7. The van der Waals surface area contributed by atoms with Crippen molar-refractivity contribution in [1.82, 2.24) is 15.1 Å². The average Bonchev–Trinajstić information content (AvgIpc) is 3.21. The molecule has 2 aromatic carbocycles. The molecule has 2 aliphatic carbocycles. The van der Waals surface area contributed by atoms with Gasteiger partial charge in [-0.15, -0.1) is 23.5 Å². The molecule has 2 aliphatic heterocycles. The van der Waals surface area contributed by atoms with Gasteiger partial charge < -0.3 is 30.7 Å². The fourth-order valence-electron chi connectivity index (χ4n) is 9.23. The number of hydrogen-bond acceptors (Lipinski definition) is 8. The van der Waals surface area contributed by atoms with Crippen LogP contribution in [-0.4, -0.2) is 100 Å². The van der Waals surface area contributed by atoms with Gasteiger partial charge in [0.2, 0.25) is 17.7 Å². The Balaban J connectivity index is 0.000000230. The molecule has 3 N–H and O–H groups in total. The van der Waals surface area contributed by atoms with Gasteiger partial charge in [0.25, 0.3) is 11.8 Å². The van der Waals surface area contributed by atoms with Gasteiger partial charge in [-0.3, -0.25) is 24.0 Å². The van der Waals surface area contributed by atoms with Crippen LogP contribution >= 0.6 is 23.5 Å². The highest BCUT2D eigenvalue weighted by molar-refractivity contribution is 8.01. The molecule has 330 valence electrons. The summed E-state index contributed by atoms with van der Waals surface area (Å²) in [5.41, 5.74) is 10.7. The van der Waals surface area contributed by atoms with Gasteiger partial charge in [0.1, 0.15) is 0 Å². The third kappa shape index (κ3) is 10.9. The zero-order valence-corrected chi connectivity index (χ0v) is 39.2. The van der Waals surface area contributed by atoms with Crippen LogP contribution in [0.15, 0.2) is 34.1 Å². The molecule has 5 amide bonds. The van der Waals surface area contributed by atoms with Crippen molar-refractivity contribution in [2.45, 2.75) is 177 Å². The fourth-order valence-corrected chi connectivity index (χ4v) is 11.5. The van der Waals surface area contributed by atoms with Crippen LogP contribution in [-0.2, 0) is 14.4 Å². The zero-order chi connectivity index (χ0) is 43.8. The normalized spacial score (nSPS) is 19.7. The Morgan fingerprint density at radius 2 is 1.10 bits per heavy atom. The first-order valence-electron chi connectivity index (χ1n) is 22.5. The minimum absolute atomic E-state index is 0.0171. The quantitative estimate of drug-likeness (QED) is 0.217. The number of carbonyl (C=O) groups is 5. The molecule has 2 aromatic rings. The van der Waals surface area contributed by atoms with E-state index in [2.05, 4.69) is 48.9 Å². The molecule has 0 radical (unpaired) electrons. The van der Waals surface area contributed by atoms with Gasteiger partial charge in [-0.05, 0) is 116 Å². The molecular formula is C47H70N6O5S2. The van der Waals surface area contributed by atoms with Crippen LogP contribution in [0, 0.1) is 13.8 Å². The number of thioether (sulfide) groups is 2. The number of carbonyl (C=O) groups excluding carboxylic acids is 5. The van der Waals surface area contributed by atoms with Crippen LogP contribution in [0.1, 0.15) is 151 Å². The molecule has 60 heavy (non-hydrogen) atoms. The van der Waals surface area contributed by atoms with Crippen LogP contribution in [0.3, 0.4) is 0 Å². The standard InChI is InChI=1S/C25H37N3O3S.C22H33N3O2S/c1-6-23(29)26-12-13-27-21-15-20(17(4)14-22(21)32-18(5)24(27)30)25(31)28(16(2)3)19-10-8-7-9-11-19;1-14(2)25(17-8-6-5-7-9-17)22(27)18-13-19-20(12-15(18)3)28-16(4)21(26)24(19)11-10-23/h14-16,18-19H,6-13H2,1-5H3,(H,26,29);12-14,16-17H,5-11,23H2,1-4H3. The van der Waals surface area contributed by atoms with Gasteiger partial charge in [-0.2, -0.15) is 0 Å². The Hall–Kier alpha value is -3.55. The number of amides is 5. The summed E-state index contributed by atoms with van der Waals surface area (Å²) in [7, 11) is 0. The minimum atomic E-state index is -0.195. The third-order valence-electron chi connectivity index (χ3n) is 12.3.